The molecule has 0 spiro atoms. The lowest BCUT2D eigenvalue weighted by molar-refractivity contribution is -0.144. The summed E-state index contributed by atoms with van der Waals surface area (Å²) in [7, 11) is 1.84. The molecule has 0 unspecified atom stereocenters. The summed E-state index contributed by atoms with van der Waals surface area (Å²) in [4.78, 5) is 18.6. The van der Waals surface area contributed by atoms with Crippen LogP contribution in [0.25, 0.3) is 10.8 Å². The molecule has 2 aromatic rings. The van der Waals surface area contributed by atoms with Crippen LogP contribution in [-0.4, -0.2) is 36.1 Å². The molecule has 0 fully saturated rings. The Kier molecular flexibility index (Phi) is 4.70. The predicted molar refractivity (Wildman–Crippen MR) is 72.8 cm³/mol. The number of ether oxygens (including phenoxy) is 1. The molecule has 0 aliphatic rings. The highest BCUT2D eigenvalue weighted by molar-refractivity contribution is 7.13. The third kappa shape index (κ3) is 3.90. The second kappa shape index (κ2) is 6.49. The minimum atomic E-state index is -0.230. The molecule has 0 aliphatic carbocycles. The standard InChI is InChI=1S/C13H16N2O3S/c1-3-17-12(16)8-15(2)7-10-9-18-13(14-10)11-5-4-6-19-11/h4-6,9H,3,7-8H2,1-2H3. The molecule has 0 aromatic carbocycles. The fraction of sp³-hybridized carbons (Fsp3) is 0.385. The number of rotatable bonds is 6. The van der Waals surface area contributed by atoms with E-state index in [1.165, 1.54) is 0 Å². The SMILES string of the molecule is CCOC(=O)CN(C)Cc1coc(-c2cccs2)n1. The van der Waals surface area contributed by atoms with Crippen LogP contribution in [-0.2, 0) is 16.1 Å². The van der Waals surface area contributed by atoms with Gasteiger partial charge in [-0.3, -0.25) is 9.69 Å². The van der Waals surface area contributed by atoms with E-state index in [-0.39, 0.29) is 12.5 Å². The van der Waals surface area contributed by atoms with Gasteiger partial charge in [-0.2, -0.15) is 0 Å². The molecule has 0 amide bonds. The van der Waals surface area contributed by atoms with Gasteiger partial charge in [0.15, 0.2) is 0 Å². The molecule has 2 rings (SSSR count). The lowest BCUT2D eigenvalue weighted by Crippen LogP contribution is -2.27. The molecule has 19 heavy (non-hydrogen) atoms. The Morgan fingerprint density at radius 2 is 2.42 bits per heavy atom. The molecule has 0 radical (unpaired) electrons. The van der Waals surface area contributed by atoms with Crippen LogP contribution in [0.2, 0.25) is 0 Å². The fourth-order valence-electron chi connectivity index (χ4n) is 1.65. The van der Waals surface area contributed by atoms with Gasteiger partial charge in [0.05, 0.1) is 23.7 Å². The van der Waals surface area contributed by atoms with Crippen LogP contribution in [0.3, 0.4) is 0 Å². The molecule has 0 N–H and O–H groups in total. The van der Waals surface area contributed by atoms with Crippen molar-refractivity contribution in [1.82, 2.24) is 9.88 Å². The number of likely N-dealkylation sites (N-methyl/N-ethyl adjacent to an activating group) is 1. The molecular weight excluding hydrogens is 264 g/mol. The Balaban J connectivity index is 1.91. The van der Waals surface area contributed by atoms with Crippen LogP contribution in [0, 0.1) is 0 Å². The minimum Gasteiger partial charge on any atom is -0.465 e. The molecule has 2 heterocycles. The first-order chi connectivity index (χ1) is 9.19. The first kappa shape index (κ1) is 13.8. The monoisotopic (exact) mass is 280 g/mol. The third-order valence-corrected chi connectivity index (χ3v) is 3.28. The van der Waals surface area contributed by atoms with Gasteiger partial charge < -0.3 is 9.15 Å². The van der Waals surface area contributed by atoms with E-state index >= 15 is 0 Å². The van der Waals surface area contributed by atoms with Crippen molar-refractivity contribution in [2.45, 2.75) is 13.5 Å². The number of nitrogens with zero attached hydrogens (tertiary/aromatic N) is 2. The Hall–Kier alpha value is -1.66. The summed E-state index contributed by atoms with van der Waals surface area (Å²) >= 11 is 1.58. The zero-order valence-electron chi connectivity index (χ0n) is 11.0. The lowest BCUT2D eigenvalue weighted by Gasteiger charge is -2.13. The Bertz CT molecular complexity index is 522. The van der Waals surface area contributed by atoms with Crippen molar-refractivity contribution in [2.24, 2.45) is 0 Å². The quantitative estimate of drug-likeness (QED) is 0.760. The number of carbonyl (C=O) groups is 1. The van der Waals surface area contributed by atoms with Gasteiger partial charge in [0.1, 0.15) is 6.26 Å². The number of esters is 1. The van der Waals surface area contributed by atoms with Gasteiger partial charge in [0, 0.05) is 6.54 Å². The average molecular weight is 280 g/mol. The third-order valence-electron chi connectivity index (χ3n) is 2.42. The fourth-order valence-corrected chi connectivity index (χ4v) is 2.31. The van der Waals surface area contributed by atoms with E-state index in [0.29, 0.717) is 19.0 Å². The summed E-state index contributed by atoms with van der Waals surface area (Å²) in [5.41, 5.74) is 0.801. The summed E-state index contributed by atoms with van der Waals surface area (Å²) in [6.45, 7) is 2.99. The maximum atomic E-state index is 11.3. The van der Waals surface area contributed by atoms with Gasteiger partial charge in [0.25, 0.3) is 0 Å². The van der Waals surface area contributed by atoms with Gasteiger partial charge in [-0.05, 0) is 25.4 Å². The molecule has 0 saturated heterocycles. The van der Waals surface area contributed by atoms with Crippen LogP contribution in [0.4, 0.5) is 0 Å². The molecule has 2 aromatic heterocycles. The normalized spacial score (nSPS) is 10.9. The highest BCUT2D eigenvalue weighted by Crippen LogP contribution is 2.23. The smallest absolute Gasteiger partial charge is 0.320 e. The van der Waals surface area contributed by atoms with E-state index in [9.17, 15) is 4.79 Å². The second-order valence-corrected chi connectivity index (χ2v) is 5.05. The molecule has 0 saturated carbocycles. The number of hydrogen-bond donors (Lipinski definition) is 0. The van der Waals surface area contributed by atoms with Gasteiger partial charge in [0.2, 0.25) is 5.89 Å². The summed E-state index contributed by atoms with van der Waals surface area (Å²) in [6.07, 6.45) is 1.62. The number of thiophene rings is 1. The minimum absolute atomic E-state index is 0.230. The molecule has 5 nitrogen and oxygen atoms in total. The Morgan fingerprint density at radius 1 is 1.58 bits per heavy atom. The van der Waals surface area contributed by atoms with E-state index in [0.717, 1.165) is 10.6 Å². The summed E-state index contributed by atoms with van der Waals surface area (Å²) in [5, 5.41) is 1.98. The maximum Gasteiger partial charge on any atom is 0.320 e. The number of carbonyl (C=O) groups excluding carboxylic acids is 1. The summed E-state index contributed by atoms with van der Waals surface area (Å²) < 4.78 is 10.3. The van der Waals surface area contributed by atoms with Gasteiger partial charge in [-0.25, -0.2) is 4.98 Å². The van der Waals surface area contributed by atoms with Crippen LogP contribution in [0.1, 0.15) is 12.6 Å². The molecule has 102 valence electrons. The van der Waals surface area contributed by atoms with E-state index in [2.05, 4.69) is 4.98 Å². The highest BCUT2D eigenvalue weighted by atomic mass is 32.1. The van der Waals surface area contributed by atoms with E-state index in [1.807, 2.05) is 29.5 Å². The van der Waals surface area contributed by atoms with Crippen molar-refractivity contribution in [2.75, 3.05) is 20.2 Å². The van der Waals surface area contributed by atoms with Crippen molar-refractivity contribution >= 4 is 17.3 Å². The largest absolute Gasteiger partial charge is 0.465 e. The first-order valence-electron chi connectivity index (χ1n) is 6.01. The van der Waals surface area contributed by atoms with Crippen molar-refractivity contribution in [3.63, 3.8) is 0 Å². The molecule has 6 heteroatoms. The van der Waals surface area contributed by atoms with E-state index < -0.39 is 0 Å². The summed E-state index contributed by atoms with van der Waals surface area (Å²) in [5.74, 6) is 0.390. The zero-order chi connectivity index (χ0) is 13.7. The number of oxazole rings is 1. The summed E-state index contributed by atoms with van der Waals surface area (Å²) in [6, 6.07) is 3.92. The lowest BCUT2D eigenvalue weighted by atomic mass is 10.4. The van der Waals surface area contributed by atoms with Crippen LogP contribution < -0.4 is 0 Å². The van der Waals surface area contributed by atoms with Crippen LogP contribution in [0.15, 0.2) is 28.2 Å². The molecule has 0 bridgehead atoms. The second-order valence-electron chi connectivity index (χ2n) is 4.10. The molecular formula is C13H16N2O3S. The maximum absolute atomic E-state index is 11.3. The number of aromatic nitrogens is 1. The van der Waals surface area contributed by atoms with Gasteiger partial charge in [-0.15, -0.1) is 11.3 Å². The average Bonchev–Trinajstić information content (AvgIpc) is 2.98. The van der Waals surface area contributed by atoms with E-state index in [4.69, 9.17) is 9.15 Å². The number of hydrogen-bond acceptors (Lipinski definition) is 6. The molecule has 0 aliphatic heterocycles. The van der Waals surface area contributed by atoms with Gasteiger partial charge >= 0.3 is 5.97 Å². The highest BCUT2D eigenvalue weighted by Gasteiger charge is 2.12. The van der Waals surface area contributed by atoms with Crippen molar-refractivity contribution in [3.8, 4) is 10.8 Å². The van der Waals surface area contributed by atoms with Crippen LogP contribution in [0.5, 0.6) is 0 Å². The van der Waals surface area contributed by atoms with Crippen molar-refractivity contribution in [1.29, 1.82) is 0 Å². The molecule has 0 atom stereocenters. The van der Waals surface area contributed by atoms with E-state index in [1.54, 1.807) is 24.5 Å². The zero-order valence-corrected chi connectivity index (χ0v) is 11.8. The Labute approximate surface area is 115 Å². The topological polar surface area (TPSA) is 55.6 Å². The first-order valence-corrected chi connectivity index (χ1v) is 6.89. The Morgan fingerprint density at radius 3 is 3.11 bits per heavy atom. The van der Waals surface area contributed by atoms with Crippen molar-refractivity contribution in [3.05, 3.63) is 29.5 Å². The predicted octanol–water partition coefficient (Wildman–Crippen LogP) is 2.40. The van der Waals surface area contributed by atoms with Gasteiger partial charge in [-0.1, -0.05) is 6.07 Å². The van der Waals surface area contributed by atoms with Crippen molar-refractivity contribution < 1.29 is 13.9 Å². The van der Waals surface area contributed by atoms with Crippen LogP contribution >= 0.6 is 11.3 Å².